The number of hydrogen-bond acceptors (Lipinski definition) is 5. The predicted molar refractivity (Wildman–Crippen MR) is 91.6 cm³/mol. The molecule has 1 saturated heterocycles. The molecule has 1 aliphatic heterocycles. The zero-order valence-electron chi connectivity index (χ0n) is 14.2. The molecule has 2 heterocycles. The number of anilines is 1. The SMILES string of the molecule is CC(C)c1noc(N2CCC(C(=O)NCc3ccccc3)CC2)n1. The van der Waals surface area contributed by atoms with E-state index in [4.69, 9.17) is 4.52 Å². The van der Waals surface area contributed by atoms with E-state index in [9.17, 15) is 4.79 Å². The summed E-state index contributed by atoms with van der Waals surface area (Å²) < 4.78 is 5.33. The van der Waals surface area contributed by atoms with Crippen molar-refractivity contribution in [2.45, 2.75) is 39.2 Å². The molecular weight excluding hydrogens is 304 g/mol. The fourth-order valence-electron chi connectivity index (χ4n) is 2.85. The standard InChI is InChI=1S/C18H24N4O2/c1-13(2)16-20-18(24-21-16)22-10-8-15(9-11-22)17(23)19-12-14-6-4-3-5-7-14/h3-7,13,15H,8-12H2,1-2H3,(H,19,23). The summed E-state index contributed by atoms with van der Waals surface area (Å²) in [6.45, 7) is 6.20. The maximum atomic E-state index is 12.3. The minimum absolute atomic E-state index is 0.0532. The van der Waals surface area contributed by atoms with Gasteiger partial charge in [0.1, 0.15) is 0 Å². The van der Waals surface area contributed by atoms with Gasteiger partial charge in [0.25, 0.3) is 0 Å². The van der Waals surface area contributed by atoms with Crippen LogP contribution in [0, 0.1) is 5.92 Å². The molecule has 0 unspecified atom stereocenters. The first-order valence-corrected chi connectivity index (χ1v) is 8.53. The summed E-state index contributed by atoms with van der Waals surface area (Å²) in [5.41, 5.74) is 1.12. The van der Waals surface area contributed by atoms with Crippen LogP contribution in [-0.4, -0.2) is 29.1 Å². The molecule has 1 aromatic heterocycles. The first-order valence-electron chi connectivity index (χ1n) is 8.53. The van der Waals surface area contributed by atoms with E-state index in [0.29, 0.717) is 12.6 Å². The average molecular weight is 328 g/mol. The van der Waals surface area contributed by atoms with Crippen molar-refractivity contribution < 1.29 is 9.32 Å². The first-order chi connectivity index (χ1) is 11.6. The molecule has 6 nitrogen and oxygen atoms in total. The van der Waals surface area contributed by atoms with Crippen LogP contribution in [0.3, 0.4) is 0 Å². The number of rotatable bonds is 5. The number of amides is 1. The number of hydrogen-bond donors (Lipinski definition) is 1. The second-order valence-electron chi connectivity index (χ2n) is 6.55. The van der Waals surface area contributed by atoms with Gasteiger partial charge in [0, 0.05) is 31.5 Å². The Hall–Kier alpha value is -2.37. The van der Waals surface area contributed by atoms with Crippen molar-refractivity contribution in [2.24, 2.45) is 5.92 Å². The lowest BCUT2D eigenvalue weighted by molar-refractivity contribution is -0.125. The molecule has 0 aliphatic carbocycles. The van der Waals surface area contributed by atoms with Gasteiger partial charge in [-0.05, 0) is 18.4 Å². The third-order valence-electron chi connectivity index (χ3n) is 4.39. The molecular formula is C18H24N4O2. The third kappa shape index (κ3) is 3.93. The van der Waals surface area contributed by atoms with E-state index in [-0.39, 0.29) is 17.7 Å². The normalized spacial score (nSPS) is 15.7. The van der Waals surface area contributed by atoms with Crippen LogP contribution < -0.4 is 10.2 Å². The largest absolute Gasteiger partial charge is 0.352 e. The van der Waals surface area contributed by atoms with E-state index in [1.165, 1.54) is 0 Å². The van der Waals surface area contributed by atoms with Crippen LogP contribution in [0.2, 0.25) is 0 Å². The first kappa shape index (κ1) is 16.5. The van der Waals surface area contributed by atoms with Gasteiger partial charge < -0.3 is 14.7 Å². The van der Waals surface area contributed by atoms with Gasteiger partial charge >= 0.3 is 6.01 Å². The lowest BCUT2D eigenvalue weighted by atomic mass is 9.96. The molecule has 1 amide bonds. The molecule has 3 rings (SSSR count). The second-order valence-corrected chi connectivity index (χ2v) is 6.55. The van der Waals surface area contributed by atoms with E-state index in [1.807, 2.05) is 44.2 Å². The van der Waals surface area contributed by atoms with Crippen LogP contribution in [0.1, 0.15) is 44.0 Å². The van der Waals surface area contributed by atoms with E-state index >= 15 is 0 Å². The van der Waals surface area contributed by atoms with Gasteiger partial charge in [-0.1, -0.05) is 49.3 Å². The molecule has 0 saturated carbocycles. The molecule has 0 bridgehead atoms. The molecule has 24 heavy (non-hydrogen) atoms. The topological polar surface area (TPSA) is 71.3 Å². The predicted octanol–water partition coefficient (Wildman–Crippen LogP) is 2.73. The van der Waals surface area contributed by atoms with Gasteiger partial charge in [-0.25, -0.2) is 0 Å². The molecule has 1 aromatic carbocycles. The maximum Gasteiger partial charge on any atom is 0.324 e. The number of carbonyl (C=O) groups is 1. The van der Waals surface area contributed by atoms with Crippen LogP contribution in [0.4, 0.5) is 6.01 Å². The Balaban J connectivity index is 1.48. The van der Waals surface area contributed by atoms with E-state index < -0.39 is 0 Å². The van der Waals surface area contributed by atoms with E-state index in [2.05, 4.69) is 20.4 Å². The minimum Gasteiger partial charge on any atom is -0.352 e. The third-order valence-corrected chi connectivity index (χ3v) is 4.39. The second kappa shape index (κ2) is 7.47. The zero-order valence-corrected chi connectivity index (χ0v) is 14.2. The molecule has 0 atom stereocenters. The van der Waals surface area contributed by atoms with Crippen LogP contribution in [0.15, 0.2) is 34.9 Å². The molecule has 0 spiro atoms. The number of piperidine rings is 1. The summed E-state index contributed by atoms with van der Waals surface area (Å²) in [6.07, 6.45) is 1.61. The van der Waals surface area contributed by atoms with Crippen LogP contribution in [0.5, 0.6) is 0 Å². The summed E-state index contributed by atoms with van der Waals surface area (Å²) in [5, 5.41) is 7.03. The van der Waals surface area contributed by atoms with Crippen molar-refractivity contribution in [2.75, 3.05) is 18.0 Å². The Kier molecular flexibility index (Phi) is 5.13. The van der Waals surface area contributed by atoms with Gasteiger partial charge in [0.15, 0.2) is 5.82 Å². The van der Waals surface area contributed by atoms with E-state index in [0.717, 1.165) is 37.3 Å². The molecule has 1 fully saturated rings. The van der Waals surface area contributed by atoms with Crippen LogP contribution in [-0.2, 0) is 11.3 Å². The number of aromatic nitrogens is 2. The van der Waals surface area contributed by atoms with Crippen molar-refractivity contribution in [3.05, 3.63) is 41.7 Å². The van der Waals surface area contributed by atoms with Crippen LogP contribution >= 0.6 is 0 Å². The summed E-state index contributed by atoms with van der Waals surface area (Å²) >= 11 is 0. The lowest BCUT2D eigenvalue weighted by Crippen LogP contribution is -2.40. The van der Waals surface area contributed by atoms with Gasteiger partial charge in [-0.3, -0.25) is 4.79 Å². The monoisotopic (exact) mass is 328 g/mol. The number of benzene rings is 1. The quantitative estimate of drug-likeness (QED) is 0.914. The summed E-state index contributed by atoms with van der Waals surface area (Å²) in [7, 11) is 0. The molecule has 2 aromatic rings. The van der Waals surface area contributed by atoms with Gasteiger partial charge in [0.2, 0.25) is 5.91 Å². The Labute approximate surface area is 142 Å². The Bertz CT molecular complexity index is 661. The summed E-state index contributed by atoms with van der Waals surface area (Å²) in [4.78, 5) is 18.8. The van der Waals surface area contributed by atoms with Crippen molar-refractivity contribution in [3.63, 3.8) is 0 Å². The summed E-state index contributed by atoms with van der Waals surface area (Å²) in [5.74, 6) is 1.17. The smallest absolute Gasteiger partial charge is 0.324 e. The molecule has 1 aliphatic rings. The Morgan fingerprint density at radius 1 is 1.29 bits per heavy atom. The maximum absolute atomic E-state index is 12.3. The zero-order chi connectivity index (χ0) is 16.9. The van der Waals surface area contributed by atoms with Crippen molar-refractivity contribution >= 4 is 11.9 Å². The van der Waals surface area contributed by atoms with Gasteiger partial charge in [-0.15, -0.1) is 0 Å². The Morgan fingerprint density at radius 3 is 2.62 bits per heavy atom. The average Bonchev–Trinajstić information content (AvgIpc) is 3.11. The highest BCUT2D eigenvalue weighted by Gasteiger charge is 2.27. The Morgan fingerprint density at radius 2 is 2.00 bits per heavy atom. The highest BCUT2D eigenvalue weighted by molar-refractivity contribution is 5.78. The molecule has 6 heteroatoms. The number of carbonyl (C=O) groups excluding carboxylic acids is 1. The molecule has 1 N–H and O–H groups in total. The fourth-order valence-corrected chi connectivity index (χ4v) is 2.85. The highest BCUT2D eigenvalue weighted by atomic mass is 16.5. The van der Waals surface area contributed by atoms with Crippen molar-refractivity contribution in [1.82, 2.24) is 15.5 Å². The molecule has 128 valence electrons. The highest BCUT2D eigenvalue weighted by Crippen LogP contribution is 2.23. The van der Waals surface area contributed by atoms with Gasteiger partial charge in [0.05, 0.1) is 0 Å². The van der Waals surface area contributed by atoms with Crippen LogP contribution in [0.25, 0.3) is 0 Å². The van der Waals surface area contributed by atoms with Gasteiger partial charge in [-0.2, -0.15) is 4.98 Å². The number of nitrogens with one attached hydrogen (secondary N) is 1. The molecule has 0 radical (unpaired) electrons. The van der Waals surface area contributed by atoms with E-state index in [1.54, 1.807) is 0 Å². The fraction of sp³-hybridized carbons (Fsp3) is 0.500. The summed E-state index contributed by atoms with van der Waals surface area (Å²) in [6, 6.07) is 10.5. The van der Waals surface area contributed by atoms with Crippen molar-refractivity contribution in [3.8, 4) is 0 Å². The van der Waals surface area contributed by atoms with Crippen molar-refractivity contribution in [1.29, 1.82) is 0 Å². The number of nitrogens with zero attached hydrogens (tertiary/aromatic N) is 3. The minimum atomic E-state index is 0.0532. The lowest BCUT2D eigenvalue weighted by Gasteiger charge is -2.29.